The maximum absolute atomic E-state index is 6.23. The summed E-state index contributed by atoms with van der Waals surface area (Å²) in [5.41, 5.74) is 5.21. The van der Waals surface area contributed by atoms with Crippen LogP contribution in [0.5, 0.6) is 0 Å². The van der Waals surface area contributed by atoms with Crippen LogP contribution in [0.4, 0.5) is 5.69 Å². The molecule has 1 aliphatic heterocycles. The second kappa shape index (κ2) is 17.6. The molecule has 0 atom stereocenters. The number of anilines is 1. The first-order chi connectivity index (χ1) is 18.2. The van der Waals surface area contributed by atoms with Gasteiger partial charge >= 0.3 is 0 Å². The second-order valence-electron chi connectivity index (χ2n) is 10.7. The van der Waals surface area contributed by atoms with E-state index in [1.807, 2.05) is 11.8 Å². The molecule has 1 heterocycles. The van der Waals surface area contributed by atoms with Crippen LogP contribution in [-0.2, 0) is 11.2 Å². The number of aryl methyl sites for hydroxylation is 1. The van der Waals surface area contributed by atoms with Gasteiger partial charge in [-0.25, -0.2) is 0 Å². The van der Waals surface area contributed by atoms with Gasteiger partial charge in [-0.2, -0.15) is 0 Å². The van der Waals surface area contributed by atoms with E-state index in [9.17, 15) is 0 Å². The number of thioether (sulfide) groups is 1. The Balaban J connectivity index is 1.53. The summed E-state index contributed by atoms with van der Waals surface area (Å²) in [6.45, 7) is 6.47. The van der Waals surface area contributed by atoms with Crippen LogP contribution >= 0.6 is 11.8 Å². The summed E-state index contributed by atoms with van der Waals surface area (Å²) < 4.78 is 6.23. The van der Waals surface area contributed by atoms with Gasteiger partial charge in [0, 0.05) is 30.6 Å². The van der Waals surface area contributed by atoms with Crippen molar-refractivity contribution in [3.63, 3.8) is 0 Å². The normalized spacial score (nSPS) is 13.6. The second-order valence-corrected chi connectivity index (χ2v) is 11.8. The fourth-order valence-electron chi connectivity index (χ4n) is 5.08. The van der Waals surface area contributed by atoms with Gasteiger partial charge in [0.15, 0.2) is 0 Å². The zero-order valence-electron chi connectivity index (χ0n) is 23.9. The summed E-state index contributed by atoms with van der Waals surface area (Å²) >= 11 is 1.93. The fraction of sp³-hybridized carbons (Fsp3) is 0.588. The molecule has 0 saturated carbocycles. The molecule has 1 aliphatic rings. The summed E-state index contributed by atoms with van der Waals surface area (Å²) in [7, 11) is 2.23. The number of hydrogen-bond donors (Lipinski definition) is 0. The largest absolute Gasteiger partial charge is 0.491 e. The standard InChI is InChI=1S/C34H51NOS/c1-4-6-8-10-11-12-14-16-26-35(3)32-24-22-31(23-25-32)34-33(36-27-28-37-34)30-20-18-29(19-21-30)17-15-13-9-7-5-2/h18-25H,4-17,26-28H2,1-3H3. The molecule has 2 aromatic carbocycles. The number of unbranched alkanes of at least 4 members (excludes halogenated alkanes) is 11. The molecule has 37 heavy (non-hydrogen) atoms. The third-order valence-corrected chi connectivity index (χ3v) is 8.57. The van der Waals surface area contributed by atoms with Crippen molar-refractivity contribution in [2.24, 2.45) is 0 Å². The van der Waals surface area contributed by atoms with Gasteiger partial charge in [-0.05, 0) is 42.5 Å². The fourth-order valence-corrected chi connectivity index (χ4v) is 6.06. The van der Waals surface area contributed by atoms with Crippen LogP contribution < -0.4 is 4.90 Å². The maximum Gasteiger partial charge on any atom is 0.140 e. The van der Waals surface area contributed by atoms with Gasteiger partial charge in [-0.15, -0.1) is 11.8 Å². The van der Waals surface area contributed by atoms with E-state index >= 15 is 0 Å². The van der Waals surface area contributed by atoms with E-state index < -0.39 is 0 Å². The summed E-state index contributed by atoms with van der Waals surface area (Å²) in [6, 6.07) is 18.2. The summed E-state index contributed by atoms with van der Waals surface area (Å²) in [4.78, 5) is 3.68. The van der Waals surface area contributed by atoms with E-state index in [4.69, 9.17) is 4.74 Å². The Kier molecular flexibility index (Phi) is 14.1. The van der Waals surface area contributed by atoms with E-state index in [1.165, 1.54) is 117 Å². The van der Waals surface area contributed by atoms with Crippen molar-refractivity contribution in [1.29, 1.82) is 0 Å². The zero-order chi connectivity index (χ0) is 26.1. The lowest BCUT2D eigenvalue weighted by molar-refractivity contribution is 0.301. The molecule has 0 spiro atoms. The first-order valence-corrected chi connectivity index (χ1v) is 16.1. The van der Waals surface area contributed by atoms with Gasteiger partial charge in [0.2, 0.25) is 0 Å². The number of rotatable bonds is 18. The van der Waals surface area contributed by atoms with Gasteiger partial charge in [0.25, 0.3) is 0 Å². The molecular weight excluding hydrogens is 470 g/mol. The topological polar surface area (TPSA) is 12.5 Å². The summed E-state index contributed by atoms with van der Waals surface area (Å²) in [5, 5.41) is 0. The smallest absolute Gasteiger partial charge is 0.140 e. The van der Waals surface area contributed by atoms with Crippen molar-refractivity contribution in [3.8, 4) is 0 Å². The average molecular weight is 522 g/mol. The van der Waals surface area contributed by atoms with Crippen molar-refractivity contribution in [2.75, 3.05) is 30.9 Å². The molecule has 204 valence electrons. The van der Waals surface area contributed by atoms with E-state index in [-0.39, 0.29) is 0 Å². The molecule has 2 nitrogen and oxygen atoms in total. The number of nitrogens with zero attached hydrogens (tertiary/aromatic N) is 1. The van der Waals surface area contributed by atoms with Crippen LogP contribution in [0.3, 0.4) is 0 Å². The van der Waals surface area contributed by atoms with Gasteiger partial charge in [0.05, 0.1) is 11.5 Å². The Bertz CT molecular complexity index is 902. The third-order valence-electron chi connectivity index (χ3n) is 7.48. The highest BCUT2D eigenvalue weighted by atomic mass is 32.2. The van der Waals surface area contributed by atoms with Gasteiger partial charge < -0.3 is 9.64 Å². The van der Waals surface area contributed by atoms with Crippen molar-refractivity contribution in [1.82, 2.24) is 0 Å². The Labute approximate surface area is 232 Å². The van der Waals surface area contributed by atoms with Gasteiger partial charge in [-0.1, -0.05) is 121 Å². The molecule has 0 saturated heterocycles. The van der Waals surface area contributed by atoms with Gasteiger partial charge in [0.1, 0.15) is 5.76 Å². The molecule has 0 amide bonds. The summed E-state index contributed by atoms with van der Waals surface area (Å²) in [6.07, 6.45) is 18.8. The van der Waals surface area contributed by atoms with Crippen LogP contribution in [0, 0.1) is 0 Å². The lowest BCUT2D eigenvalue weighted by Crippen LogP contribution is -2.18. The summed E-state index contributed by atoms with van der Waals surface area (Å²) in [5.74, 6) is 2.06. The van der Waals surface area contributed by atoms with E-state index in [1.54, 1.807) is 0 Å². The predicted octanol–water partition coefficient (Wildman–Crippen LogP) is 10.4. The quantitative estimate of drug-likeness (QED) is 0.181. The Hall–Kier alpha value is -1.87. The van der Waals surface area contributed by atoms with Crippen molar-refractivity contribution >= 4 is 28.1 Å². The Morgan fingerprint density at radius 2 is 1.24 bits per heavy atom. The van der Waals surface area contributed by atoms with Crippen LogP contribution in [0.2, 0.25) is 0 Å². The van der Waals surface area contributed by atoms with E-state index in [2.05, 4.69) is 74.3 Å². The molecule has 0 radical (unpaired) electrons. The lowest BCUT2D eigenvalue weighted by atomic mass is 10.0. The highest BCUT2D eigenvalue weighted by Gasteiger charge is 2.18. The molecule has 0 aliphatic carbocycles. The zero-order valence-corrected chi connectivity index (χ0v) is 24.7. The number of benzene rings is 2. The molecular formula is C34H51NOS. The van der Waals surface area contributed by atoms with Crippen molar-refractivity contribution < 1.29 is 4.74 Å². The van der Waals surface area contributed by atoms with E-state index in [0.29, 0.717) is 0 Å². The lowest BCUT2D eigenvalue weighted by Gasteiger charge is -2.23. The number of hydrogen-bond acceptors (Lipinski definition) is 3. The minimum absolute atomic E-state index is 0.780. The van der Waals surface area contributed by atoms with Crippen LogP contribution in [0.1, 0.15) is 114 Å². The van der Waals surface area contributed by atoms with E-state index in [0.717, 1.165) is 24.7 Å². The monoisotopic (exact) mass is 521 g/mol. The molecule has 2 aromatic rings. The Morgan fingerprint density at radius 3 is 1.89 bits per heavy atom. The minimum Gasteiger partial charge on any atom is -0.491 e. The highest BCUT2D eigenvalue weighted by Crippen LogP contribution is 2.39. The average Bonchev–Trinajstić information content (AvgIpc) is 2.95. The predicted molar refractivity (Wildman–Crippen MR) is 166 cm³/mol. The highest BCUT2D eigenvalue weighted by molar-refractivity contribution is 8.08. The molecule has 0 bridgehead atoms. The van der Waals surface area contributed by atoms with Crippen LogP contribution in [0.25, 0.3) is 10.7 Å². The van der Waals surface area contributed by atoms with Crippen LogP contribution in [0.15, 0.2) is 48.5 Å². The SMILES string of the molecule is CCCCCCCCCCN(C)c1ccc(C2=C(c3ccc(CCCCCCC)cc3)OCCS2)cc1. The first kappa shape index (κ1) is 29.7. The molecule has 3 heteroatoms. The maximum atomic E-state index is 6.23. The van der Waals surface area contributed by atoms with Gasteiger partial charge in [-0.3, -0.25) is 0 Å². The number of ether oxygens (including phenoxy) is 1. The molecule has 0 aromatic heterocycles. The minimum atomic E-state index is 0.780. The Morgan fingerprint density at radius 1 is 0.676 bits per heavy atom. The first-order valence-electron chi connectivity index (χ1n) is 15.1. The molecule has 0 N–H and O–H groups in total. The van der Waals surface area contributed by atoms with Crippen molar-refractivity contribution in [3.05, 3.63) is 65.2 Å². The molecule has 3 rings (SSSR count). The van der Waals surface area contributed by atoms with Crippen LogP contribution in [-0.4, -0.2) is 26.0 Å². The molecule has 0 unspecified atom stereocenters. The van der Waals surface area contributed by atoms with Crippen molar-refractivity contribution in [2.45, 2.75) is 104 Å². The molecule has 0 fully saturated rings. The third kappa shape index (κ3) is 10.4.